The van der Waals surface area contributed by atoms with Gasteiger partial charge >= 0.3 is 0 Å². The summed E-state index contributed by atoms with van der Waals surface area (Å²) in [7, 11) is 0. The Kier molecular flexibility index (Phi) is 3.83. The lowest BCUT2D eigenvalue weighted by Crippen LogP contribution is -2.46. The van der Waals surface area contributed by atoms with Crippen molar-refractivity contribution in [3.63, 3.8) is 0 Å². The van der Waals surface area contributed by atoms with Crippen LogP contribution in [-0.2, 0) is 0 Å². The van der Waals surface area contributed by atoms with Crippen molar-refractivity contribution in [2.45, 2.75) is 18.9 Å². The number of carbonyl (C=O) groups is 1. The van der Waals surface area contributed by atoms with E-state index in [0.29, 0.717) is 22.5 Å². The summed E-state index contributed by atoms with van der Waals surface area (Å²) in [5.41, 5.74) is 0.678. The molecule has 2 aliphatic heterocycles. The Morgan fingerprint density at radius 3 is 3.05 bits per heavy atom. The second kappa shape index (κ2) is 5.43. The standard InChI is InChI=1S/C14H16BrClN2O/c15-11-2-1-9(7-12(11)16)14(19)18-6-4-13-10(8-18)3-5-17-13/h1-2,7,10,13,17H,3-6,8H2. The number of hydrogen-bond donors (Lipinski definition) is 1. The third-order valence-corrected chi connectivity index (χ3v) is 5.34. The van der Waals surface area contributed by atoms with Gasteiger partial charge in [-0.3, -0.25) is 4.79 Å². The highest BCUT2D eigenvalue weighted by Crippen LogP contribution is 2.27. The van der Waals surface area contributed by atoms with E-state index in [2.05, 4.69) is 21.2 Å². The molecule has 5 heteroatoms. The monoisotopic (exact) mass is 342 g/mol. The third-order valence-electron chi connectivity index (χ3n) is 4.11. The molecule has 2 aliphatic rings. The van der Waals surface area contributed by atoms with Crippen LogP contribution >= 0.6 is 27.5 Å². The van der Waals surface area contributed by atoms with Crippen LogP contribution in [0, 0.1) is 5.92 Å². The summed E-state index contributed by atoms with van der Waals surface area (Å²) < 4.78 is 0.824. The van der Waals surface area contributed by atoms with Gasteiger partial charge in [-0.2, -0.15) is 0 Å². The molecule has 102 valence electrons. The van der Waals surface area contributed by atoms with Gasteiger partial charge in [0.25, 0.3) is 5.91 Å². The summed E-state index contributed by atoms with van der Waals surface area (Å²) in [6.07, 6.45) is 2.23. The molecular formula is C14H16BrClN2O. The largest absolute Gasteiger partial charge is 0.338 e. The van der Waals surface area contributed by atoms with Gasteiger partial charge in [-0.15, -0.1) is 0 Å². The second-order valence-electron chi connectivity index (χ2n) is 5.28. The molecule has 0 saturated carbocycles. The van der Waals surface area contributed by atoms with Crippen molar-refractivity contribution in [2.24, 2.45) is 5.92 Å². The third kappa shape index (κ3) is 2.67. The van der Waals surface area contributed by atoms with E-state index in [1.807, 2.05) is 17.0 Å². The average molecular weight is 344 g/mol. The maximum absolute atomic E-state index is 12.5. The molecule has 0 aromatic heterocycles. The van der Waals surface area contributed by atoms with Crippen molar-refractivity contribution in [1.82, 2.24) is 10.2 Å². The summed E-state index contributed by atoms with van der Waals surface area (Å²) in [5.74, 6) is 0.711. The zero-order valence-electron chi connectivity index (χ0n) is 10.5. The number of likely N-dealkylation sites (tertiary alicyclic amines) is 1. The van der Waals surface area contributed by atoms with Crippen LogP contribution in [-0.4, -0.2) is 36.5 Å². The normalized spacial score (nSPS) is 26.3. The summed E-state index contributed by atoms with van der Waals surface area (Å²) in [6, 6.07) is 6.02. The Morgan fingerprint density at radius 1 is 1.42 bits per heavy atom. The minimum absolute atomic E-state index is 0.0970. The Bertz CT molecular complexity index is 508. The summed E-state index contributed by atoms with van der Waals surface area (Å²) in [6.45, 7) is 2.78. The highest BCUT2D eigenvalue weighted by molar-refractivity contribution is 9.10. The zero-order chi connectivity index (χ0) is 13.4. The predicted molar refractivity (Wildman–Crippen MR) is 79.6 cm³/mol. The number of benzene rings is 1. The molecule has 0 radical (unpaired) electrons. The first-order valence-electron chi connectivity index (χ1n) is 6.63. The fourth-order valence-electron chi connectivity index (χ4n) is 3.04. The molecule has 19 heavy (non-hydrogen) atoms. The van der Waals surface area contributed by atoms with E-state index in [1.165, 1.54) is 6.42 Å². The molecule has 1 aromatic carbocycles. The van der Waals surface area contributed by atoms with Crippen LogP contribution < -0.4 is 5.32 Å². The Labute approximate surface area is 126 Å². The minimum Gasteiger partial charge on any atom is -0.338 e. The fourth-order valence-corrected chi connectivity index (χ4v) is 3.47. The van der Waals surface area contributed by atoms with Gasteiger partial charge in [0, 0.05) is 29.2 Å². The van der Waals surface area contributed by atoms with Crippen LogP contribution in [0.5, 0.6) is 0 Å². The molecular weight excluding hydrogens is 328 g/mol. The zero-order valence-corrected chi connectivity index (χ0v) is 12.9. The topological polar surface area (TPSA) is 32.3 Å². The lowest BCUT2D eigenvalue weighted by molar-refractivity contribution is 0.0662. The number of fused-ring (bicyclic) bond motifs is 1. The lowest BCUT2D eigenvalue weighted by Gasteiger charge is -2.35. The minimum atomic E-state index is 0.0970. The van der Waals surface area contributed by atoms with Crippen LogP contribution in [0.15, 0.2) is 22.7 Å². The number of amides is 1. The molecule has 2 fully saturated rings. The summed E-state index contributed by atoms with van der Waals surface area (Å²) in [4.78, 5) is 14.4. The number of nitrogens with zero attached hydrogens (tertiary/aromatic N) is 1. The van der Waals surface area contributed by atoms with E-state index in [-0.39, 0.29) is 5.91 Å². The molecule has 1 amide bonds. The van der Waals surface area contributed by atoms with Gasteiger partial charge in [0.1, 0.15) is 0 Å². The first-order valence-corrected chi connectivity index (χ1v) is 7.80. The number of piperidine rings is 1. The van der Waals surface area contributed by atoms with E-state index < -0.39 is 0 Å². The molecule has 0 bridgehead atoms. The lowest BCUT2D eigenvalue weighted by atomic mass is 9.93. The van der Waals surface area contributed by atoms with Gasteiger partial charge in [-0.05, 0) is 59.4 Å². The summed E-state index contributed by atoms with van der Waals surface area (Å²) in [5, 5.41) is 4.10. The fraction of sp³-hybridized carbons (Fsp3) is 0.500. The van der Waals surface area contributed by atoms with Crippen LogP contribution in [0.1, 0.15) is 23.2 Å². The van der Waals surface area contributed by atoms with Gasteiger partial charge in [-0.25, -0.2) is 0 Å². The number of rotatable bonds is 1. The van der Waals surface area contributed by atoms with Crippen molar-refractivity contribution in [2.75, 3.05) is 19.6 Å². The van der Waals surface area contributed by atoms with Crippen molar-refractivity contribution >= 4 is 33.4 Å². The SMILES string of the molecule is O=C(c1ccc(Br)c(Cl)c1)N1CCC2NCCC2C1. The van der Waals surface area contributed by atoms with Crippen LogP contribution in [0.3, 0.4) is 0 Å². The highest BCUT2D eigenvalue weighted by Gasteiger charge is 2.34. The molecule has 1 N–H and O–H groups in total. The van der Waals surface area contributed by atoms with Crippen molar-refractivity contribution in [3.8, 4) is 0 Å². The molecule has 2 atom stereocenters. The summed E-state index contributed by atoms with van der Waals surface area (Å²) >= 11 is 9.40. The number of carbonyl (C=O) groups excluding carboxylic acids is 1. The maximum Gasteiger partial charge on any atom is 0.253 e. The van der Waals surface area contributed by atoms with E-state index >= 15 is 0 Å². The first kappa shape index (κ1) is 13.4. The van der Waals surface area contributed by atoms with Gasteiger partial charge in [-0.1, -0.05) is 11.6 Å². The Morgan fingerprint density at radius 2 is 2.26 bits per heavy atom. The Hall–Kier alpha value is -0.580. The second-order valence-corrected chi connectivity index (χ2v) is 6.54. The Balaban J connectivity index is 1.74. The van der Waals surface area contributed by atoms with Crippen LogP contribution in [0.2, 0.25) is 5.02 Å². The molecule has 1 aromatic rings. The van der Waals surface area contributed by atoms with Gasteiger partial charge in [0.15, 0.2) is 0 Å². The maximum atomic E-state index is 12.5. The van der Waals surface area contributed by atoms with Gasteiger partial charge < -0.3 is 10.2 Å². The smallest absolute Gasteiger partial charge is 0.253 e. The van der Waals surface area contributed by atoms with E-state index in [1.54, 1.807) is 6.07 Å². The predicted octanol–water partition coefficient (Wildman–Crippen LogP) is 2.93. The van der Waals surface area contributed by atoms with Crippen molar-refractivity contribution in [3.05, 3.63) is 33.3 Å². The number of halogens is 2. The highest BCUT2D eigenvalue weighted by atomic mass is 79.9. The van der Waals surface area contributed by atoms with Gasteiger partial charge in [0.05, 0.1) is 5.02 Å². The van der Waals surface area contributed by atoms with Crippen LogP contribution in [0.4, 0.5) is 0 Å². The van der Waals surface area contributed by atoms with E-state index in [0.717, 1.165) is 30.5 Å². The quantitative estimate of drug-likeness (QED) is 0.850. The molecule has 0 spiro atoms. The van der Waals surface area contributed by atoms with Gasteiger partial charge in [0.2, 0.25) is 0 Å². The molecule has 2 heterocycles. The van der Waals surface area contributed by atoms with Crippen molar-refractivity contribution in [1.29, 1.82) is 0 Å². The molecule has 2 unspecified atom stereocenters. The number of hydrogen-bond acceptors (Lipinski definition) is 2. The molecule has 3 nitrogen and oxygen atoms in total. The first-order chi connectivity index (χ1) is 9.15. The van der Waals surface area contributed by atoms with E-state index in [4.69, 9.17) is 11.6 Å². The number of nitrogens with one attached hydrogen (secondary N) is 1. The van der Waals surface area contributed by atoms with E-state index in [9.17, 15) is 4.79 Å². The molecule has 3 rings (SSSR count). The van der Waals surface area contributed by atoms with Crippen molar-refractivity contribution < 1.29 is 4.79 Å². The average Bonchev–Trinajstić information content (AvgIpc) is 2.88. The molecule has 0 aliphatic carbocycles. The van der Waals surface area contributed by atoms with Crippen LogP contribution in [0.25, 0.3) is 0 Å². The molecule has 2 saturated heterocycles.